The molecule has 0 saturated heterocycles. The minimum atomic E-state index is -4.92. The Hall–Kier alpha value is -1.31. The van der Waals surface area contributed by atoms with Crippen LogP contribution in [0.4, 0.5) is 13.2 Å². The first-order valence-corrected chi connectivity index (χ1v) is 5.76. The summed E-state index contributed by atoms with van der Waals surface area (Å²) in [6.07, 6.45) is -4.77. The van der Waals surface area contributed by atoms with Crippen LogP contribution in [0.5, 0.6) is 0 Å². The number of carbonyl (C=O) groups is 2. The number of carbonyl (C=O) groups excluding carboxylic acids is 2. The summed E-state index contributed by atoms with van der Waals surface area (Å²) in [7, 11) is 4.71. The zero-order valence-electron chi connectivity index (χ0n) is 11.3. The van der Waals surface area contributed by atoms with E-state index in [1.54, 1.807) is 19.0 Å². The SMILES string of the molecule is COC(=O)CCN(CCCN(C)C)C(=O)C(F)(F)F. The van der Waals surface area contributed by atoms with Crippen LogP contribution in [0.2, 0.25) is 0 Å². The topological polar surface area (TPSA) is 49.9 Å². The Morgan fingerprint density at radius 2 is 1.68 bits per heavy atom. The summed E-state index contributed by atoms with van der Waals surface area (Å²) in [5.74, 6) is -2.57. The van der Waals surface area contributed by atoms with Gasteiger partial charge in [0, 0.05) is 13.1 Å². The molecule has 0 N–H and O–H groups in total. The van der Waals surface area contributed by atoms with E-state index in [4.69, 9.17) is 0 Å². The number of hydrogen-bond donors (Lipinski definition) is 0. The van der Waals surface area contributed by atoms with Crippen molar-refractivity contribution in [1.29, 1.82) is 0 Å². The number of alkyl halides is 3. The number of ether oxygens (including phenoxy) is 1. The molecular weight excluding hydrogens is 265 g/mol. The third kappa shape index (κ3) is 7.66. The van der Waals surface area contributed by atoms with E-state index in [1.165, 1.54) is 0 Å². The van der Waals surface area contributed by atoms with Gasteiger partial charge in [-0.25, -0.2) is 0 Å². The number of hydrogen-bond acceptors (Lipinski definition) is 4. The molecule has 5 nitrogen and oxygen atoms in total. The van der Waals surface area contributed by atoms with Gasteiger partial charge >= 0.3 is 18.1 Å². The Morgan fingerprint density at radius 1 is 1.11 bits per heavy atom. The van der Waals surface area contributed by atoms with Gasteiger partial charge in [0.2, 0.25) is 0 Å². The maximum Gasteiger partial charge on any atom is 0.471 e. The largest absolute Gasteiger partial charge is 0.471 e. The fourth-order valence-corrected chi connectivity index (χ4v) is 1.40. The van der Waals surface area contributed by atoms with Crippen molar-refractivity contribution < 1.29 is 27.5 Å². The highest BCUT2D eigenvalue weighted by molar-refractivity contribution is 5.82. The second kappa shape index (κ2) is 7.98. The van der Waals surface area contributed by atoms with E-state index in [2.05, 4.69) is 4.74 Å². The lowest BCUT2D eigenvalue weighted by Gasteiger charge is -2.24. The van der Waals surface area contributed by atoms with Crippen LogP contribution in [0.3, 0.4) is 0 Å². The van der Waals surface area contributed by atoms with Crippen molar-refractivity contribution in [3.63, 3.8) is 0 Å². The molecule has 0 bridgehead atoms. The first-order chi connectivity index (χ1) is 8.68. The number of nitrogens with zero attached hydrogens (tertiary/aromatic N) is 2. The van der Waals surface area contributed by atoms with E-state index in [1.807, 2.05) is 0 Å². The Labute approximate surface area is 110 Å². The van der Waals surface area contributed by atoms with Gasteiger partial charge in [-0.3, -0.25) is 9.59 Å². The molecule has 0 spiro atoms. The van der Waals surface area contributed by atoms with Crippen molar-refractivity contribution in [2.75, 3.05) is 40.8 Å². The van der Waals surface area contributed by atoms with Crippen LogP contribution in [0.25, 0.3) is 0 Å². The van der Waals surface area contributed by atoms with E-state index in [0.29, 0.717) is 17.9 Å². The van der Waals surface area contributed by atoms with E-state index < -0.39 is 18.1 Å². The Bertz CT molecular complexity index is 306. The Morgan fingerprint density at radius 3 is 2.11 bits per heavy atom. The van der Waals surface area contributed by atoms with Crippen molar-refractivity contribution in [2.45, 2.75) is 19.0 Å². The molecule has 0 rings (SSSR count). The molecule has 112 valence electrons. The smallest absolute Gasteiger partial charge is 0.469 e. The van der Waals surface area contributed by atoms with Crippen LogP contribution in [0, 0.1) is 0 Å². The molecule has 0 saturated carbocycles. The van der Waals surface area contributed by atoms with Gasteiger partial charge in [0.1, 0.15) is 0 Å². The molecule has 0 radical (unpaired) electrons. The molecule has 0 aliphatic heterocycles. The molecule has 0 aromatic rings. The van der Waals surface area contributed by atoms with Crippen molar-refractivity contribution in [3.8, 4) is 0 Å². The predicted octanol–water partition coefficient (Wildman–Crippen LogP) is 0.892. The number of methoxy groups -OCH3 is 1. The average molecular weight is 284 g/mol. The lowest BCUT2D eigenvalue weighted by atomic mass is 10.3. The average Bonchev–Trinajstić information content (AvgIpc) is 2.30. The molecule has 0 fully saturated rings. The van der Waals surface area contributed by atoms with Crippen LogP contribution in [-0.4, -0.2) is 68.7 Å². The highest BCUT2D eigenvalue weighted by Crippen LogP contribution is 2.18. The molecule has 19 heavy (non-hydrogen) atoms. The van der Waals surface area contributed by atoms with Crippen molar-refractivity contribution >= 4 is 11.9 Å². The monoisotopic (exact) mass is 284 g/mol. The lowest BCUT2D eigenvalue weighted by molar-refractivity contribution is -0.185. The minimum absolute atomic E-state index is 0.0481. The van der Waals surface area contributed by atoms with Crippen LogP contribution in [-0.2, 0) is 14.3 Å². The van der Waals surface area contributed by atoms with E-state index >= 15 is 0 Å². The normalized spacial score (nSPS) is 11.5. The van der Waals surface area contributed by atoms with Crippen molar-refractivity contribution in [1.82, 2.24) is 9.80 Å². The molecule has 0 atom stereocenters. The zero-order valence-corrected chi connectivity index (χ0v) is 11.3. The second-order valence-electron chi connectivity index (χ2n) is 4.27. The van der Waals surface area contributed by atoms with Gasteiger partial charge in [0.15, 0.2) is 0 Å². The van der Waals surface area contributed by atoms with Crippen LogP contribution >= 0.6 is 0 Å². The summed E-state index contributed by atoms with van der Waals surface area (Å²) in [5, 5.41) is 0. The second-order valence-corrected chi connectivity index (χ2v) is 4.27. The van der Waals surface area contributed by atoms with E-state index in [0.717, 1.165) is 7.11 Å². The van der Waals surface area contributed by atoms with Crippen molar-refractivity contribution in [2.24, 2.45) is 0 Å². The van der Waals surface area contributed by atoms with Gasteiger partial charge in [-0.1, -0.05) is 0 Å². The minimum Gasteiger partial charge on any atom is -0.469 e. The maximum atomic E-state index is 12.4. The van der Waals surface area contributed by atoms with Crippen LogP contribution in [0.1, 0.15) is 12.8 Å². The van der Waals surface area contributed by atoms with Crippen LogP contribution < -0.4 is 0 Å². The molecular formula is C11H19F3N2O3. The van der Waals surface area contributed by atoms with Crippen LogP contribution in [0.15, 0.2) is 0 Å². The number of rotatable bonds is 7. The maximum absolute atomic E-state index is 12.4. The standard InChI is InChI=1S/C11H19F3N2O3/c1-15(2)6-4-7-16(8-5-9(17)19-3)10(18)11(12,13)14/h4-8H2,1-3H3. The van der Waals surface area contributed by atoms with E-state index in [-0.39, 0.29) is 19.5 Å². The van der Waals surface area contributed by atoms with Gasteiger partial charge in [0.25, 0.3) is 0 Å². The lowest BCUT2D eigenvalue weighted by Crippen LogP contribution is -2.43. The Kier molecular flexibility index (Phi) is 7.43. The van der Waals surface area contributed by atoms with Gasteiger partial charge < -0.3 is 14.5 Å². The van der Waals surface area contributed by atoms with Crippen molar-refractivity contribution in [3.05, 3.63) is 0 Å². The summed E-state index contributed by atoms with van der Waals surface area (Å²) in [6, 6.07) is 0. The predicted molar refractivity (Wildman–Crippen MR) is 62.4 cm³/mol. The first kappa shape index (κ1) is 17.7. The molecule has 0 heterocycles. The number of amides is 1. The molecule has 0 aromatic heterocycles. The van der Waals surface area contributed by atoms with Gasteiger partial charge in [-0.15, -0.1) is 0 Å². The van der Waals surface area contributed by atoms with Gasteiger partial charge in [-0.05, 0) is 27.1 Å². The highest BCUT2D eigenvalue weighted by atomic mass is 19.4. The quantitative estimate of drug-likeness (QED) is 0.652. The third-order valence-electron chi connectivity index (χ3n) is 2.38. The fraction of sp³-hybridized carbons (Fsp3) is 0.818. The summed E-state index contributed by atoms with van der Waals surface area (Å²) in [4.78, 5) is 24.5. The summed E-state index contributed by atoms with van der Waals surface area (Å²) in [6.45, 7) is 0.214. The molecule has 0 aliphatic carbocycles. The first-order valence-electron chi connectivity index (χ1n) is 5.76. The highest BCUT2D eigenvalue weighted by Gasteiger charge is 2.42. The van der Waals surface area contributed by atoms with E-state index in [9.17, 15) is 22.8 Å². The van der Waals surface area contributed by atoms with Gasteiger partial charge in [0.05, 0.1) is 13.5 Å². The molecule has 0 unspecified atom stereocenters. The molecule has 1 amide bonds. The molecule has 0 aliphatic rings. The third-order valence-corrected chi connectivity index (χ3v) is 2.38. The zero-order chi connectivity index (χ0) is 15.1. The summed E-state index contributed by atoms with van der Waals surface area (Å²) >= 11 is 0. The number of esters is 1. The summed E-state index contributed by atoms with van der Waals surface area (Å²) < 4.78 is 41.5. The number of halogens is 3. The van der Waals surface area contributed by atoms with Gasteiger partial charge in [-0.2, -0.15) is 13.2 Å². The molecule has 8 heteroatoms. The summed E-state index contributed by atoms with van der Waals surface area (Å²) in [5.41, 5.74) is 0. The Balaban J connectivity index is 4.46. The fourth-order valence-electron chi connectivity index (χ4n) is 1.40. The molecule has 0 aromatic carbocycles.